The van der Waals surface area contributed by atoms with E-state index in [9.17, 15) is 0 Å². The van der Waals surface area contributed by atoms with Gasteiger partial charge in [0, 0.05) is 25.4 Å². The molecule has 72 valence electrons. The molecular weight excluding hydrogens is 164 g/mol. The zero-order chi connectivity index (χ0) is 9.68. The molecule has 1 aromatic heterocycles. The van der Waals surface area contributed by atoms with Gasteiger partial charge in [0.25, 0.3) is 0 Å². The molecular formula is C9H16N4. The normalized spacial score (nSPS) is 9.77. The molecule has 1 rings (SSSR count). The number of hydrogen-bond donors (Lipinski definition) is 2. The molecule has 0 amide bonds. The van der Waals surface area contributed by atoms with Gasteiger partial charge in [0.15, 0.2) is 0 Å². The molecule has 4 heteroatoms. The topological polar surface area (TPSA) is 49.8 Å². The van der Waals surface area contributed by atoms with E-state index in [1.165, 1.54) is 0 Å². The van der Waals surface area contributed by atoms with Gasteiger partial charge in [0.2, 0.25) is 5.95 Å². The fraction of sp³-hybridized carbons (Fsp3) is 0.556. The van der Waals surface area contributed by atoms with Gasteiger partial charge in [0.1, 0.15) is 5.82 Å². The molecule has 4 nitrogen and oxygen atoms in total. The van der Waals surface area contributed by atoms with Gasteiger partial charge in [-0.25, -0.2) is 4.98 Å². The number of rotatable bonds is 4. The molecule has 0 aliphatic heterocycles. The Morgan fingerprint density at radius 2 is 2.23 bits per heavy atom. The summed E-state index contributed by atoms with van der Waals surface area (Å²) < 4.78 is 0. The summed E-state index contributed by atoms with van der Waals surface area (Å²) in [6.45, 7) is 5.00. The van der Waals surface area contributed by atoms with Crippen LogP contribution >= 0.6 is 0 Å². The molecule has 0 aliphatic rings. The van der Waals surface area contributed by atoms with Crippen LogP contribution in [0.4, 0.5) is 11.8 Å². The number of anilines is 2. The second-order valence-electron chi connectivity index (χ2n) is 2.90. The van der Waals surface area contributed by atoms with Crippen molar-refractivity contribution in [3.63, 3.8) is 0 Å². The number of nitrogens with zero attached hydrogens (tertiary/aromatic N) is 2. The summed E-state index contributed by atoms with van der Waals surface area (Å²) >= 11 is 0. The van der Waals surface area contributed by atoms with Crippen molar-refractivity contribution in [3.8, 4) is 0 Å². The van der Waals surface area contributed by atoms with Crippen molar-refractivity contribution >= 4 is 11.8 Å². The second-order valence-corrected chi connectivity index (χ2v) is 2.90. The molecule has 0 fully saturated rings. The molecule has 0 radical (unpaired) electrons. The Morgan fingerprint density at radius 1 is 1.46 bits per heavy atom. The lowest BCUT2D eigenvalue weighted by atomic mass is 10.3. The van der Waals surface area contributed by atoms with Crippen LogP contribution in [0.2, 0.25) is 0 Å². The summed E-state index contributed by atoms with van der Waals surface area (Å²) in [6.07, 6.45) is 2.89. The highest BCUT2D eigenvalue weighted by molar-refractivity contribution is 5.45. The molecule has 0 bridgehead atoms. The summed E-state index contributed by atoms with van der Waals surface area (Å²) in [5.74, 6) is 1.57. The Morgan fingerprint density at radius 3 is 2.85 bits per heavy atom. The number of nitrogens with one attached hydrogen (secondary N) is 2. The largest absolute Gasteiger partial charge is 0.373 e. The first-order valence-electron chi connectivity index (χ1n) is 4.53. The lowest BCUT2D eigenvalue weighted by Gasteiger charge is -2.06. The second kappa shape index (κ2) is 4.64. The van der Waals surface area contributed by atoms with Crippen LogP contribution in [0.5, 0.6) is 0 Å². The summed E-state index contributed by atoms with van der Waals surface area (Å²) in [4.78, 5) is 8.46. The molecule has 0 unspecified atom stereocenters. The minimum Gasteiger partial charge on any atom is -0.373 e. The van der Waals surface area contributed by atoms with Gasteiger partial charge >= 0.3 is 0 Å². The third-order valence-electron chi connectivity index (χ3n) is 1.74. The van der Waals surface area contributed by atoms with E-state index in [0.29, 0.717) is 5.95 Å². The predicted octanol–water partition coefficient (Wildman–Crippen LogP) is 1.65. The van der Waals surface area contributed by atoms with Crippen molar-refractivity contribution in [3.05, 3.63) is 11.8 Å². The highest BCUT2D eigenvalue weighted by Gasteiger charge is 1.99. The first-order chi connectivity index (χ1) is 6.27. The monoisotopic (exact) mass is 180 g/mol. The van der Waals surface area contributed by atoms with Crippen molar-refractivity contribution in [1.29, 1.82) is 0 Å². The van der Waals surface area contributed by atoms with Crippen LogP contribution in [0.3, 0.4) is 0 Å². The predicted molar refractivity (Wildman–Crippen MR) is 55.1 cm³/mol. The van der Waals surface area contributed by atoms with Crippen molar-refractivity contribution in [2.24, 2.45) is 0 Å². The van der Waals surface area contributed by atoms with E-state index in [1.807, 2.05) is 20.2 Å². The highest BCUT2D eigenvalue weighted by Crippen LogP contribution is 2.10. The Labute approximate surface area is 78.8 Å². The van der Waals surface area contributed by atoms with Gasteiger partial charge in [-0.05, 0) is 13.3 Å². The minimum absolute atomic E-state index is 0.691. The fourth-order valence-corrected chi connectivity index (χ4v) is 1.02. The van der Waals surface area contributed by atoms with Crippen LogP contribution in [0, 0.1) is 6.92 Å². The Kier molecular flexibility index (Phi) is 3.49. The van der Waals surface area contributed by atoms with E-state index in [0.717, 1.165) is 24.3 Å². The first kappa shape index (κ1) is 9.77. The molecule has 0 saturated heterocycles. The maximum absolute atomic E-state index is 4.29. The van der Waals surface area contributed by atoms with Crippen LogP contribution in [0.1, 0.15) is 18.9 Å². The zero-order valence-electron chi connectivity index (χ0n) is 8.39. The number of aryl methyl sites for hydroxylation is 1. The molecule has 0 spiro atoms. The van der Waals surface area contributed by atoms with Gasteiger partial charge in [-0.1, -0.05) is 6.92 Å². The Balaban J connectivity index is 2.74. The molecule has 2 N–H and O–H groups in total. The smallest absolute Gasteiger partial charge is 0.224 e. The van der Waals surface area contributed by atoms with E-state index >= 15 is 0 Å². The van der Waals surface area contributed by atoms with Crippen LogP contribution in [0.25, 0.3) is 0 Å². The Hall–Kier alpha value is -1.32. The van der Waals surface area contributed by atoms with Crippen molar-refractivity contribution in [1.82, 2.24) is 9.97 Å². The van der Waals surface area contributed by atoms with Gasteiger partial charge in [-0.3, -0.25) is 0 Å². The summed E-state index contributed by atoms with van der Waals surface area (Å²) in [7, 11) is 1.86. The Bertz CT molecular complexity index is 272. The van der Waals surface area contributed by atoms with Gasteiger partial charge in [-0.15, -0.1) is 0 Å². The number of aromatic nitrogens is 2. The quantitative estimate of drug-likeness (QED) is 0.739. The molecule has 0 atom stereocenters. The third kappa shape index (κ3) is 2.57. The van der Waals surface area contributed by atoms with E-state index in [2.05, 4.69) is 27.5 Å². The first-order valence-corrected chi connectivity index (χ1v) is 4.53. The zero-order valence-corrected chi connectivity index (χ0v) is 8.39. The summed E-state index contributed by atoms with van der Waals surface area (Å²) in [6, 6.07) is 0. The molecule has 0 aliphatic carbocycles. The standard InChI is InChI=1S/C9H16N4/c1-4-5-11-9-12-6-7(2)8(10-3)13-9/h6H,4-5H2,1-3H3,(H2,10,11,12,13). The average molecular weight is 180 g/mol. The van der Waals surface area contributed by atoms with Gasteiger partial charge < -0.3 is 10.6 Å². The van der Waals surface area contributed by atoms with Crippen molar-refractivity contribution in [2.45, 2.75) is 20.3 Å². The van der Waals surface area contributed by atoms with Crippen molar-refractivity contribution in [2.75, 3.05) is 24.2 Å². The molecule has 0 aromatic carbocycles. The van der Waals surface area contributed by atoms with E-state index in [-0.39, 0.29) is 0 Å². The molecule has 0 saturated carbocycles. The van der Waals surface area contributed by atoms with Gasteiger partial charge in [-0.2, -0.15) is 4.98 Å². The lowest BCUT2D eigenvalue weighted by molar-refractivity contribution is 0.950. The van der Waals surface area contributed by atoms with Gasteiger partial charge in [0.05, 0.1) is 0 Å². The van der Waals surface area contributed by atoms with E-state index in [4.69, 9.17) is 0 Å². The average Bonchev–Trinajstić information content (AvgIpc) is 2.16. The summed E-state index contributed by atoms with van der Waals surface area (Å²) in [5, 5.41) is 6.15. The highest BCUT2D eigenvalue weighted by atomic mass is 15.1. The van der Waals surface area contributed by atoms with Crippen LogP contribution in [0.15, 0.2) is 6.20 Å². The lowest BCUT2D eigenvalue weighted by Crippen LogP contribution is -2.06. The number of hydrogen-bond acceptors (Lipinski definition) is 4. The molecule has 1 aromatic rings. The van der Waals surface area contributed by atoms with Crippen LogP contribution in [-0.4, -0.2) is 23.6 Å². The maximum atomic E-state index is 4.29. The van der Waals surface area contributed by atoms with E-state index in [1.54, 1.807) is 0 Å². The summed E-state index contributed by atoms with van der Waals surface area (Å²) in [5.41, 5.74) is 1.06. The fourth-order valence-electron chi connectivity index (χ4n) is 1.02. The van der Waals surface area contributed by atoms with Crippen LogP contribution < -0.4 is 10.6 Å². The SMILES string of the molecule is CCCNc1ncc(C)c(NC)n1. The maximum Gasteiger partial charge on any atom is 0.224 e. The van der Waals surface area contributed by atoms with E-state index < -0.39 is 0 Å². The molecule has 1 heterocycles. The molecule has 13 heavy (non-hydrogen) atoms. The minimum atomic E-state index is 0.691. The third-order valence-corrected chi connectivity index (χ3v) is 1.74. The van der Waals surface area contributed by atoms with Crippen molar-refractivity contribution < 1.29 is 0 Å². The van der Waals surface area contributed by atoms with Crippen LogP contribution in [-0.2, 0) is 0 Å².